The molecule has 1 heterocycles. The average molecular weight is 368 g/mol. The second-order valence-corrected chi connectivity index (χ2v) is 7.23. The van der Waals surface area contributed by atoms with Crippen molar-refractivity contribution in [1.29, 1.82) is 0 Å². The normalized spacial score (nSPS) is 20.7. The Morgan fingerprint density at radius 1 is 1.28 bits per heavy atom. The number of carboxylic acid groups (broad SMARTS) is 1. The van der Waals surface area contributed by atoms with E-state index in [1.165, 1.54) is 7.11 Å². The number of hydrogen-bond donors (Lipinski definition) is 1. The van der Waals surface area contributed by atoms with Crippen LogP contribution in [0.15, 0.2) is 24.3 Å². The van der Waals surface area contributed by atoms with Gasteiger partial charge in [-0.2, -0.15) is 0 Å². The number of likely N-dealkylation sites (tertiary alicyclic amines) is 1. The summed E-state index contributed by atoms with van der Waals surface area (Å²) in [6.45, 7) is 4.71. The average Bonchev–Trinajstić information content (AvgIpc) is 3.03. The molecule has 1 saturated heterocycles. The van der Waals surface area contributed by atoms with E-state index in [0.717, 1.165) is 5.56 Å². The minimum Gasteiger partial charge on any atom is -0.481 e. The number of halogens is 1. The van der Waals surface area contributed by atoms with E-state index in [4.69, 9.17) is 16.3 Å². The predicted octanol–water partition coefficient (Wildman–Crippen LogP) is 3.35. The van der Waals surface area contributed by atoms with E-state index in [0.29, 0.717) is 30.8 Å². The molecule has 6 heteroatoms. The molecule has 1 N–H and O–H groups in total. The van der Waals surface area contributed by atoms with Crippen LogP contribution in [-0.4, -0.2) is 48.7 Å². The third-order valence-corrected chi connectivity index (χ3v) is 5.78. The Morgan fingerprint density at radius 3 is 2.36 bits per heavy atom. The molecule has 25 heavy (non-hydrogen) atoms. The second-order valence-electron chi connectivity index (χ2n) is 6.79. The molecule has 0 aromatic heterocycles. The molecule has 1 unspecified atom stereocenters. The smallest absolute Gasteiger partial charge is 0.313 e. The molecule has 1 fully saturated rings. The van der Waals surface area contributed by atoms with Gasteiger partial charge in [-0.15, -0.1) is 0 Å². The highest BCUT2D eigenvalue weighted by atomic mass is 35.5. The van der Waals surface area contributed by atoms with Crippen molar-refractivity contribution < 1.29 is 19.4 Å². The lowest BCUT2D eigenvalue weighted by Gasteiger charge is -2.35. The van der Waals surface area contributed by atoms with E-state index in [9.17, 15) is 14.7 Å². The highest BCUT2D eigenvalue weighted by Crippen LogP contribution is 2.39. The van der Waals surface area contributed by atoms with Crippen LogP contribution in [0.1, 0.15) is 38.7 Å². The lowest BCUT2D eigenvalue weighted by molar-refractivity contribution is -0.152. The summed E-state index contributed by atoms with van der Waals surface area (Å²) in [5.74, 6) is -0.922. The van der Waals surface area contributed by atoms with Crippen molar-refractivity contribution in [3.8, 4) is 0 Å². The van der Waals surface area contributed by atoms with Crippen molar-refractivity contribution in [2.45, 2.75) is 38.5 Å². The van der Waals surface area contributed by atoms with Gasteiger partial charge in [0.1, 0.15) is 5.41 Å². The Hall–Kier alpha value is -1.59. The van der Waals surface area contributed by atoms with Gasteiger partial charge in [-0.1, -0.05) is 37.6 Å². The quantitative estimate of drug-likeness (QED) is 0.802. The summed E-state index contributed by atoms with van der Waals surface area (Å²) >= 11 is 5.99. The van der Waals surface area contributed by atoms with Gasteiger partial charge in [-0.3, -0.25) is 9.59 Å². The number of ether oxygens (including phenoxy) is 1. The van der Waals surface area contributed by atoms with Crippen LogP contribution in [0.5, 0.6) is 0 Å². The number of rotatable bonds is 7. The largest absolute Gasteiger partial charge is 0.481 e. The molecule has 0 bridgehead atoms. The van der Waals surface area contributed by atoms with Gasteiger partial charge in [0.2, 0.25) is 5.91 Å². The van der Waals surface area contributed by atoms with Crippen LogP contribution in [0.4, 0.5) is 0 Å². The number of carbonyl (C=O) groups excluding carboxylic acids is 1. The minimum absolute atomic E-state index is 0.0148. The molecule has 1 aliphatic heterocycles. The fourth-order valence-electron chi connectivity index (χ4n) is 3.83. The first-order chi connectivity index (χ1) is 11.8. The number of carboxylic acids is 1. The highest BCUT2D eigenvalue weighted by molar-refractivity contribution is 6.30. The first-order valence-electron chi connectivity index (χ1n) is 8.63. The molecular formula is C19H26ClNO4. The van der Waals surface area contributed by atoms with Gasteiger partial charge < -0.3 is 14.7 Å². The fourth-order valence-corrected chi connectivity index (χ4v) is 3.96. The van der Waals surface area contributed by atoms with Crippen LogP contribution < -0.4 is 0 Å². The molecule has 138 valence electrons. The number of hydrogen-bond acceptors (Lipinski definition) is 3. The molecule has 2 rings (SSSR count). The number of nitrogens with zero attached hydrogens (tertiary/aromatic N) is 1. The van der Waals surface area contributed by atoms with Crippen LogP contribution in [-0.2, 0) is 19.7 Å². The fraction of sp³-hybridized carbons (Fsp3) is 0.579. The summed E-state index contributed by atoms with van der Waals surface area (Å²) in [6.07, 6.45) is 1.70. The molecule has 0 saturated carbocycles. The molecule has 0 radical (unpaired) electrons. The van der Waals surface area contributed by atoms with E-state index >= 15 is 0 Å². The zero-order valence-corrected chi connectivity index (χ0v) is 15.8. The van der Waals surface area contributed by atoms with Gasteiger partial charge in [0, 0.05) is 25.2 Å². The van der Waals surface area contributed by atoms with Gasteiger partial charge in [0.05, 0.1) is 12.0 Å². The van der Waals surface area contributed by atoms with Crippen LogP contribution in [0.25, 0.3) is 0 Å². The Kier molecular flexibility index (Phi) is 6.12. The minimum atomic E-state index is -1.02. The van der Waals surface area contributed by atoms with Gasteiger partial charge in [0.15, 0.2) is 0 Å². The van der Waals surface area contributed by atoms with Crippen molar-refractivity contribution in [1.82, 2.24) is 4.90 Å². The molecule has 1 aromatic rings. The Balaban J connectivity index is 2.33. The number of amides is 1. The van der Waals surface area contributed by atoms with E-state index in [1.807, 2.05) is 26.0 Å². The standard InChI is InChI=1S/C19H26ClNO4/c1-4-19(5-2,14-6-8-15(20)9-7-14)16(22)21-11-10-18(12-21,13-25-3)17(23)24/h6-9H,4-5,10-13H2,1-3H3,(H,23,24). The zero-order valence-electron chi connectivity index (χ0n) is 15.0. The molecule has 0 aliphatic carbocycles. The second kappa shape index (κ2) is 7.75. The summed E-state index contributed by atoms with van der Waals surface area (Å²) < 4.78 is 5.12. The van der Waals surface area contributed by atoms with E-state index in [1.54, 1.807) is 17.0 Å². The van der Waals surface area contributed by atoms with E-state index < -0.39 is 16.8 Å². The summed E-state index contributed by atoms with van der Waals surface area (Å²) in [5, 5.41) is 10.3. The first-order valence-corrected chi connectivity index (χ1v) is 9.01. The summed E-state index contributed by atoms with van der Waals surface area (Å²) in [6, 6.07) is 7.37. The van der Waals surface area contributed by atoms with Crippen molar-refractivity contribution in [2.75, 3.05) is 26.8 Å². The third kappa shape index (κ3) is 3.53. The van der Waals surface area contributed by atoms with Crippen LogP contribution in [0, 0.1) is 5.41 Å². The van der Waals surface area contributed by atoms with Crippen molar-refractivity contribution in [3.05, 3.63) is 34.9 Å². The van der Waals surface area contributed by atoms with Crippen LogP contribution >= 0.6 is 11.6 Å². The predicted molar refractivity (Wildman–Crippen MR) is 96.9 cm³/mol. The summed E-state index contributed by atoms with van der Waals surface area (Å²) in [5.41, 5.74) is -0.754. The zero-order chi connectivity index (χ0) is 18.7. The van der Waals surface area contributed by atoms with Gasteiger partial charge >= 0.3 is 5.97 Å². The SMILES string of the molecule is CCC(CC)(C(=O)N1CCC(COC)(C(=O)O)C1)c1ccc(Cl)cc1. The molecule has 1 aromatic carbocycles. The topological polar surface area (TPSA) is 66.8 Å². The van der Waals surface area contributed by atoms with Crippen molar-refractivity contribution in [2.24, 2.45) is 5.41 Å². The van der Waals surface area contributed by atoms with E-state index in [2.05, 4.69) is 0 Å². The third-order valence-electron chi connectivity index (χ3n) is 5.53. The number of aliphatic carboxylic acids is 1. The van der Waals surface area contributed by atoms with Crippen molar-refractivity contribution >= 4 is 23.5 Å². The van der Waals surface area contributed by atoms with Gasteiger partial charge in [0.25, 0.3) is 0 Å². The molecule has 5 nitrogen and oxygen atoms in total. The lowest BCUT2D eigenvalue weighted by Crippen LogP contribution is -2.47. The highest BCUT2D eigenvalue weighted by Gasteiger charge is 2.50. The van der Waals surface area contributed by atoms with Crippen LogP contribution in [0.2, 0.25) is 5.02 Å². The molecular weight excluding hydrogens is 342 g/mol. The maximum absolute atomic E-state index is 13.4. The first kappa shape index (κ1) is 19.7. The lowest BCUT2D eigenvalue weighted by atomic mass is 9.74. The monoisotopic (exact) mass is 367 g/mol. The number of methoxy groups -OCH3 is 1. The molecule has 1 atom stereocenters. The summed E-state index contributed by atoms with van der Waals surface area (Å²) in [7, 11) is 1.49. The Labute approximate surface area is 153 Å². The molecule has 0 spiro atoms. The number of carbonyl (C=O) groups is 2. The number of benzene rings is 1. The van der Waals surface area contributed by atoms with Crippen LogP contribution in [0.3, 0.4) is 0 Å². The Bertz CT molecular complexity index is 627. The maximum Gasteiger partial charge on any atom is 0.313 e. The summed E-state index contributed by atoms with van der Waals surface area (Å²) in [4.78, 5) is 26.8. The van der Waals surface area contributed by atoms with Gasteiger partial charge in [-0.05, 0) is 37.0 Å². The molecule has 1 amide bonds. The van der Waals surface area contributed by atoms with Gasteiger partial charge in [-0.25, -0.2) is 0 Å². The Morgan fingerprint density at radius 2 is 1.88 bits per heavy atom. The van der Waals surface area contributed by atoms with E-state index in [-0.39, 0.29) is 19.1 Å². The maximum atomic E-state index is 13.4. The molecule has 1 aliphatic rings. The van der Waals surface area contributed by atoms with Crippen molar-refractivity contribution in [3.63, 3.8) is 0 Å².